The van der Waals surface area contributed by atoms with Gasteiger partial charge >= 0.3 is 0 Å². The Balaban J connectivity index is 1.98. The van der Waals surface area contributed by atoms with E-state index < -0.39 is 20.5 Å². The molecular weight excluding hydrogens is 476 g/mol. The van der Waals surface area contributed by atoms with Crippen molar-refractivity contribution in [2.24, 2.45) is 0 Å². The van der Waals surface area contributed by atoms with E-state index in [0.29, 0.717) is 61.4 Å². The molecule has 0 saturated carbocycles. The quantitative estimate of drug-likeness (QED) is 0.183. The summed E-state index contributed by atoms with van der Waals surface area (Å²) in [6.45, 7) is 13.3. The Labute approximate surface area is 212 Å². The fourth-order valence-electron chi connectivity index (χ4n) is 6.17. The van der Waals surface area contributed by atoms with Gasteiger partial charge in [-0.1, -0.05) is 47.6 Å². The van der Waals surface area contributed by atoms with Gasteiger partial charge in [-0.2, -0.15) is 0 Å². The molecule has 8 heteroatoms. The number of methoxy groups -OCH3 is 2. The zero-order valence-corrected chi connectivity index (χ0v) is 23.3. The van der Waals surface area contributed by atoms with E-state index in [2.05, 4.69) is 41.5 Å². The Hall–Kier alpha value is -2.84. The molecule has 1 aliphatic rings. The summed E-state index contributed by atoms with van der Waals surface area (Å²) in [6, 6.07) is 6.94. The molecule has 2 heterocycles. The third-order valence-electron chi connectivity index (χ3n) is 7.66. The SMILES string of the molecule is COc1cccc2oc3c4c(cc(OC)c3c(=O)c12)OC(O[Si](C(C)C)(C(C)C)C(C)C)C4CC=O. The van der Waals surface area contributed by atoms with Crippen molar-refractivity contribution >= 4 is 36.5 Å². The molecule has 0 amide bonds. The molecule has 36 heavy (non-hydrogen) atoms. The van der Waals surface area contributed by atoms with E-state index in [4.69, 9.17) is 23.1 Å². The Morgan fingerprint density at radius 2 is 1.61 bits per heavy atom. The normalized spacial score (nSPS) is 17.8. The summed E-state index contributed by atoms with van der Waals surface area (Å²) in [6.07, 6.45) is 0.393. The van der Waals surface area contributed by atoms with Gasteiger partial charge in [0.1, 0.15) is 45.5 Å². The average molecular weight is 513 g/mol. The van der Waals surface area contributed by atoms with E-state index >= 15 is 0 Å². The van der Waals surface area contributed by atoms with Crippen molar-refractivity contribution < 1.29 is 27.8 Å². The van der Waals surface area contributed by atoms with E-state index in [1.807, 2.05) is 0 Å². The van der Waals surface area contributed by atoms with Gasteiger partial charge < -0.3 is 27.8 Å². The van der Waals surface area contributed by atoms with Crippen molar-refractivity contribution in [3.63, 3.8) is 0 Å². The maximum absolute atomic E-state index is 13.7. The predicted octanol–water partition coefficient (Wildman–Crippen LogP) is 6.55. The largest absolute Gasteiger partial charge is 0.496 e. The van der Waals surface area contributed by atoms with Gasteiger partial charge in [-0.25, -0.2) is 0 Å². The summed E-state index contributed by atoms with van der Waals surface area (Å²) in [5.41, 5.74) is 2.18. The molecule has 1 aliphatic heterocycles. The van der Waals surface area contributed by atoms with Crippen LogP contribution >= 0.6 is 0 Å². The lowest BCUT2D eigenvalue weighted by Gasteiger charge is -2.44. The maximum Gasteiger partial charge on any atom is 0.208 e. The first-order valence-corrected chi connectivity index (χ1v) is 14.7. The highest BCUT2D eigenvalue weighted by atomic mass is 28.4. The van der Waals surface area contributed by atoms with Crippen molar-refractivity contribution in [3.05, 3.63) is 40.1 Å². The summed E-state index contributed by atoms with van der Waals surface area (Å²) in [5, 5.41) is 0.642. The highest BCUT2D eigenvalue weighted by molar-refractivity contribution is 6.77. The fraction of sp³-hybridized carbons (Fsp3) is 0.500. The van der Waals surface area contributed by atoms with Gasteiger partial charge in [-0.15, -0.1) is 0 Å². The lowest BCUT2D eigenvalue weighted by Crippen LogP contribution is -2.51. The predicted molar refractivity (Wildman–Crippen MR) is 143 cm³/mol. The molecule has 0 N–H and O–H groups in total. The van der Waals surface area contributed by atoms with E-state index in [1.165, 1.54) is 14.2 Å². The topological polar surface area (TPSA) is 84.2 Å². The molecular formula is C28H36O7Si. The zero-order chi connectivity index (χ0) is 26.4. The number of hydrogen-bond acceptors (Lipinski definition) is 7. The van der Waals surface area contributed by atoms with E-state index in [0.717, 1.165) is 6.29 Å². The average Bonchev–Trinajstić information content (AvgIpc) is 3.17. The highest BCUT2D eigenvalue weighted by Crippen LogP contribution is 2.51. The molecule has 194 valence electrons. The maximum atomic E-state index is 13.7. The van der Waals surface area contributed by atoms with Gasteiger partial charge in [-0.3, -0.25) is 4.79 Å². The van der Waals surface area contributed by atoms with Crippen LogP contribution in [0.5, 0.6) is 17.2 Å². The van der Waals surface area contributed by atoms with Crippen LogP contribution in [0.4, 0.5) is 0 Å². The van der Waals surface area contributed by atoms with Crippen LogP contribution in [0.1, 0.15) is 59.4 Å². The number of fused-ring (bicyclic) bond motifs is 4. The van der Waals surface area contributed by atoms with Crippen LogP contribution in [0.25, 0.3) is 21.9 Å². The molecule has 2 atom stereocenters. The highest BCUT2D eigenvalue weighted by Gasteiger charge is 2.50. The van der Waals surface area contributed by atoms with Crippen LogP contribution in [0.3, 0.4) is 0 Å². The van der Waals surface area contributed by atoms with Crippen LogP contribution in [0.15, 0.2) is 33.5 Å². The molecule has 7 nitrogen and oxygen atoms in total. The molecule has 2 aromatic carbocycles. The third-order valence-corrected chi connectivity index (χ3v) is 13.7. The summed E-state index contributed by atoms with van der Waals surface area (Å²) < 4.78 is 30.8. The van der Waals surface area contributed by atoms with Crippen LogP contribution < -0.4 is 19.6 Å². The van der Waals surface area contributed by atoms with Gasteiger partial charge in [0.25, 0.3) is 0 Å². The Morgan fingerprint density at radius 3 is 2.17 bits per heavy atom. The number of ether oxygens (including phenoxy) is 3. The molecule has 0 saturated heterocycles. The molecule has 4 rings (SSSR count). The molecule has 0 bridgehead atoms. The Bertz CT molecular complexity index is 1320. The van der Waals surface area contributed by atoms with Crippen molar-refractivity contribution in [3.8, 4) is 17.2 Å². The first-order valence-electron chi connectivity index (χ1n) is 12.5. The monoisotopic (exact) mass is 512 g/mol. The minimum Gasteiger partial charge on any atom is -0.496 e. The van der Waals surface area contributed by atoms with E-state index in [9.17, 15) is 9.59 Å². The lowest BCUT2D eigenvalue weighted by atomic mass is 9.94. The number of rotatable bonds is 9. The van der Waals surface area contributed by atoms with Gasteiger partial charge in [0, 0.05) is 18.1 Å². The number of benzene rings is 2. The van der Waals surface area contributed by atoms with E-state index in [-0.39, 0.29) is 11.8 Å². The zero-order valence-electron chi connectivity index (χ0n) is 22.3. The number of aldehydes is 1. The molecule has 2 unspecified atom stereocenters. The molecule has 0 aliphatic carbocycles. The minimum absolute atomic E-state index is 0.178. The van der Waals surface area contributed by atoms with Crippen molar-refractivity contribution in [1.82, 2.24) is 0 Å². The summed E-state index contributed by atoms with van der Waals surface area (Å²) >= 11 is 0. The lowest BCUT2D eigenvalue weighted by molar-refractivity contribution is -0.109. The van der Waals surface area contributed by atoms with Crippen molar-refractivity contribution in [1.29, 1.82) is 0 Å². The second-order valence-corrected chi connectivity index (χ2v) is 15.8. The minimum atomic E-state index is -2.34. The standard InChI is InChI=1S/C28H36O7Si/c1-15(2)36(16(3)4,17(5)6)35-28-18(12-13-29)23-22(34-28)14-21(32-8)25-26(30)24-19(31-7)10-9-11-20(24)33-27(23)25/h9-11,13-18,28H,12H2,1-8H3. The Kier molecular flexibility index (Phi) is 7.21. The first-order chi connectivity index (χ1) is 17.1. The van der Waals surface area contributed by atoms with Crippen LogP contribution in [0, 0.1) is 0 Å². The molecule has 0 fully saturated rings. The van der Waals surface area contributed by atoms with Crippen LogP contribution in [0.2, 0.25) is 16.6 Å². The van der Waals surface area contributed by atoms with Crippen LogP contribution in [-0.2, 0) is 9.22 Å². The molecule has 0 radical (unpaired) electrons. The smallest absolute Gasteiger partial charge is 0.208 e. The number of carbonyl (C=O) groups is 1. The Morgan fingerprint density at radius 1 is 0.972 bits per heavy atom. The van der Waals surface area contributed by atoms with Gasteiger partial charge in [0.2, 0.25) is 13.7 Å². The number of carbonyl (C=O) groups excluding carboxylic acids is 1. The second kappa shape index (κ2) is 9.90. The third kappa shape index (κ3) is 3.91. The van der Waals surface area contributed by atoms with Crippen molar-refractivity contribution in [2.45, 2.75) is 76.8 Å². The summed E-state index contributed by atoms with van der Waals surface area (Å²) in [7, 11) is 0.683. The molecule has 0 spiro atoms. The first kappa shape index (κ1) is 26.2. The van der Waals surface area contributed by atoms with Gasteiger partial charge in [0.05, 0.1) is 20.1 Å². The summed E-state index contributed by atoms with van der Waals surface area (Å²) in [4.78, 5) is 25.6. The van der Waals surface area contributed by atoms with Gasteiger partial charge in [0.15, 0.2) is 6.29 Å². The van der Waals surface area contributed by atoms with E-state index in [1.54, 1.807) is 24.3 Å². The van der Waals surface area contributed by atoms with Crippen LogP contribution in [-0.4, -0.2) is 35.1 Å². The fourth-order valence-corrected chi connectivity index (χ4v) is 11.6. The van der Waals surface area contributed by atoms with Crippen molar-refractivity contribution in [2.75, 3.05) is 14.2 Å². The summed E-state index contributed by atoms with van der Waals surface area (Å²) in [5.74, 6) is 0.867. The molecule has 1 aromatic heterocycles. The van der Waals surface area contributed by atoms with Gasteiger partial charge in [-0.05, 0) is 28.8 Å². The number of hydrogen-bond donors (Lipinski definition) is 0. The molecule has 3 aromatic rings. The second-order valence-electron chi connectivity index (χ2n) is 10.4.